The zero-order valence-corrected chi connectivity index (χ0v) is 30.8. The van der Waals surface area contributed by atoms with Crippen LogP contribution in [0.25, 0.3) is 0 Å². The topological polar surface area (TPSA) is 21.5 Å². The van der Waals surface area contributed by atoms with Crippen molar-refractivity contribution < 1.29 is 4.58 Å². The van der Waals surface area contributed by atoms with E-state index in [1.54, 1.807) is 0 Å². The molecule has 1 aliphatic heterocycles. The fourth-order valence-corrected chi connectivity index (χ4v) is 6.55. The molecule has 5 rings (SSSR count). The monoisotopic (exact) mass is 643 g/mol. The van der Waals surface area contributed by atoms with Crippen LogP contribution in [0, 0.1) is 0 Å². The Bertz CT molecular complexity index is 1580. The smallest absolute Gasteiger partial charge is 0.201 e. The molecule has 0 fully saturated rings. The van der Waals surface area contributed by atoms with Gasteiger partial charge < -0.3 is 5.32 Å². The Labute approximate surface area is 291 Å². The average molecular weight is 644 g/mol. The molecule has 254 valence electrons. The van der Waals surface area contributed by atoms with Gasteiger partial charge in [-0.1, -0.05) is 152 Å². The molecular weight excluding hydrogens is 585 g/mol. The third kappa shape index (κ3) is 9.75. The van der Waals surface area contributed by atoms with Crippen molar-refractivity contribution in [2.45, 2.75) is 111 Å². The molecule has 4 aromatic carbocycles. The number of hydrogen-bond donors (Lipinski definition) is 1. The molecule has 1 aliphatic rings. The van der Waals surface area contributed by atoms with Gasteiger partial charge in [0.25, 0.3) is 0 Å². The SMILES string of the molecule is CC(C)c1ccc(CNCN(Cc2ccc(C(C)C)cc2)C2C=[N+](Cc3ccc(C(C)C)cc3)CN2Cc2ccc(C(C)C)cc2)cc1. The summed E-state index contributed by atoms with van der Waals surface area (Å²) in [4.78, 5) is 5.24. The van der Waals surface area contributed by atoms with Crippen molar-refractivity contribution in [3.05, 3.63) is 142 Å². The fraction of sp³-hybridized carbons (Fsp3) is 0.432. The van der Waals surface area contributed by atoms with Gasteiger partial charge in [-0.15, -0.1) is 0 Å². The molecule has 4 nitrogen and oxygen atoms in total. The summed E-state index contributed by atoms with van der Waals surface area (Å²) < 4.78 is 2.51. The minimum atomic E-state index is 0.158. The third-order valence-corrected chi connectivity index (χ3v) is 9.84. The van der Waals surface area contributed by atoms with E-state index in [4.69, 9.17) is 0 Å². The first-order valence-corrected chi connectivity index (χ1v) is 18.2. The maximum absolute atomic E-state index is 3.82. The predicted octanol–water partition coefficient (Wildman–Crippen LogP) is 9.81. The van der Waals surface area contributed by atoms with Gasteiger partial charge >= 0.3 is 0 Å². The van der Waals surface area contributed by atoms with Crippen molar-refractivity contribution in [2.24, 2.45) is 0 Å². The molecule has 1 atom stereocenters. The first kappa shape index (κ1) is 35.7. The number of benzene rings is 4. The standard InChI is InChI=1S/C44H59N4/c1-32(2)40-17-9-36(10-18-40)25-45-30-47(27-38-13-21-42(22-14-38)34(5)6)44-29-46(26-37-11-19-41(20-12-37)33(3)4)31-48(44)28-39-15-23-43(24-16-39)35(7)8/h9-24,29,32-35,44-45H,25-28,30-31H2,1-8H3/q+1. The second-order valence-electron chi connectivity index (χ2n) is 15.1. The minimum Gasteiger partial charge on any atom is -0.300 e. The van der Waals surface area contributed by atoms with Gasteiger partial charge in [0.15, 0.2) is 12.8 Å². The largest absolute Gasteiger partial charge is 0.300 e. The highest BCUT2D eigenvalue weighted by Gasteiger charge is 2.35. The normalized spacial score (nSPS) is 15.4. The summed E-state index contributed by atoms with van der Waals surface area (Å²) in [6, 6.07) is 36.9. The molecule has 48 heavy (non-hydrogen) atoms. The Morgan fingerprint density at radius 2 is 1.00 bits per heavy atom. The first-order chi connectivity index (χ1) is 23.0. The second kappa shape index (κ2) is 16.7. The van der Waals surface area contributed by atoms with E-state index in [9.17, 15) is 0 Å². The van der Waals surface area contributed by atoms with Gasteiger partial charge in [0.2, 0.25) is 6.67 Å². The Hall–Kier alpha value is -3.57. The van der Waals surface area contributed by atoms with Crippen LogP contribution in [0.3, 0.4) is 0 Å². The van der Waals surface area contributed by atoms with E-state index in [0.29, 0.717) is 23.7 Å². The summed E-state index contributed by atoms with van der Waals surface area (Å²) in [6.07, 6.45) is 2.63. The van der Waals surface area contributed by atoms with Crippen molar-refractivity contribution in [3.63, 3.8) is 0 Å². The minimum absolute atomic E-state index is 0.158. The van der Waals surface area contributed by atoms with E-state index in [0.717, 1.165) is 39.5 Å². The summed E-state index contributed by atoms with van der Waals surface area (Å²) >= 11 is 0. The highest BCUT2D eigenvalue weighted by molar-refractivity contribution is 5.60. The number of nitrogens with zero attached hydrogens (tertiary/aromatic N) is 3. The summed E-state index contributed by atoms with van der Waals surface area (Å²) in [5, 5.41) is 3.82. The van der Waals surface area contributed by atoms with Crippen molar-refractivity contribution in [1.82, 2.24) is 15.1 Å². The molecular formula is C44H59N4+. The highest BCUT2D eigenvalue weighted by atomic mass is 15.5. The molecule has 4 aromatic rings. The molecule has 0 radical (unpaired) electrons. The Morgan fingerprint density at radius 1 is 0.583 bits per heavy atom. The van der Waals surface area contributed by atoms with Crippen molar-refractivity contribution in [2.75, 3.05) is 13.3 Å². The van der Waals surface area contributed by atoms with Crippen LogP contribution in [-0.2, 0) is 26.2 Å². The lowest BCUT2D eigenvalue weighted by atomic mass is 10.0. The van der Waals surface area contributed by atoms with Crippen LogP contribution in [0.2, 0.25) is 0 Å². The van der Waals surface area contributed by atoms with E-state index < -0.39 is 0 Å². The third-order valence-electron chi connectivity index (χ3n) is 9.84. The Morgan fingerprint density at radius 3 is 1.46 bits per heavy atom. The lowest BCUT2D eigenvalue weighted by molar-refractivity contribution is -0.548. The van der Waals surface area contributed by atoms with Crippen molar-refractivity contribution >= 4 is 6.21 Å². The van der Waals surface area contributed by atoms with Gasteiger partial charge in [-0.3, -0.25) is 4.90 Å². The van der Waals surface area contributed by atoms with E-state index in [1.807, 2.05) is 0 Å². The van der Waals surface area contributed by atoms with E-state index >= 15 is 0 Å². The number of hydrogen-bond acceptors (Lipinski definition) is 3. The molecule has 0 bridgehead atoms. The molecule has 1 N–H and O–H groups in total. The van der Waals surface area contributed by atoms with E-state index in [-0.39, 0.29) is 6.17 Å². The van der Waals surface area contributed by atoms with Crippen LogP contribution in [0.15, 0.2) is 97.1 Å². The van der Waals surface area contributed by atoms with E-state index in [2.05, 4.69) is 178 Å². The lowest BCUT2D eigenvalue weighted by Gasteiger charge is -2.32. The summed E-state index contributed by atoms with van der Waals surface area (Å²) in [5.74, 6) is 2.16. The zero-order valence-electron chi connectivity index (χ0n) is 30.8. The molecule has 1 unspecified atom stereocenters. The van der Waals surface area contributed by atoms with Crippen LogP contribution in [-0.4, -0.2) is 40.1 Å². The maximum Gasteiger partial charge on any atom is 0.201 e. The van der Waals surface area contributed by atoms with Crippen LogP contribution >= 0.6 is 0 Å². The van der Waals surface area contributed by atoms with Crippen LogP contribution in [0.1, 0.15) is 124 Å². The van der Waals surface area contributed by atoms with E-state index in [1.165, 1.54) is 44.5 Å². The molecule has 4 heteroatoms. The lowest BCUT2D eigenvalue weighted by Crippen LogP contribution is -2.49. The molecule has 0 spiro atoms. The van der Waals surface area contributed by atoms with Gasteiger partial charge in [-0.25, -0.2) is 9.48 Å². The molecule has 0 aliphatic carbocycles. The van der Waals surface area contributed by atoms with Gasteiger partial charge in [-0.05, 0) is 62.6 Å². The Balaban J connectivity index is 1.41. The second-order valence-corrected chi connectivity index (χ2v) is 15.1. The summed E-state index contributed by atoms with van der Waals surface area (Å²) in [6.45, 7) is 23.3. The van der Waals surface area contributed by atoms with Crippen molar-refractivity contribution in [1.29, 1.82) is 0 Å². The quantitative estimate of drug-likeness (QED) is 0.103. The van der Waals surface area contributed by atoms with Crippen LogP contribution < -0.4 is 5.32 Å². The fourth-order valence-electron chi connectivity index (χ4n) is 6.55. The van der Waals surface area contributed by atoms with Gasteiger partial charge in [0.05, 0.1) is 6.67 Å². The first-order valence-electron chi connectivity index (χ1n) is 18.2. The molecule has 0 aromatic heterocycles. The average Bonchev–Trinajstić information content (AvgIpc) is 3.46. The highest BCUT2D eigenvalue weighted by Crippen LogP contribution is 2.23. The van der Waals surface area contributed by atoms with Crippen LogP contribution in [0.5, 0.6) is 0 Å². The number of rotatable bonds is 15. The molecule has 0 saturated carbocycles. The summed E-state index contributed by atoms with van der Waals surface area (Å²) in [7, 11) is 0. The number of nitrogens with one attached hydrogen (secondary N) is 1. The zero-order chi connectivity index (χ0) is 34.2. The van der Waals surface area contributed by atoms with Crippen molar-refractivity contribution in [3.8, 4) is 0 Å². The maximum atomic E-state index is 3.82. The molecule has 0 saturated heterocycles. The van der Waals surface area contributed by atoms with Gasteiger partial charge in [0, 0.05) is 25.2 Å². The molecule has 0 amide bonds. The predicted molar refractivity (Wildman–Crippen MR) is 204 cm³/mol. The Kier molecular flexibility index (Phi) is 12.4. The summed E-state index contributed by atoms with van der Waals surface area (Å²) in [5.41, 5.74) is 11.0. The van der Waals surface area contributed by atoms with Crippen LogP contribution in [0.4, 0.5) is 0 Å². The molecule has 1 heterocycles. The van der Waals surface area contributed by atoms with Gasteiger partial charge in [0.1, 0.15) is 6.17 Å². The van der Waals surface area contributed by atoms with Gasteiger partial charge in [-0.2, -0.15) is 0 Å².